The van der Waals surface area contributed by atoms with E-state index < -0.39 is 5.67 Å². The van der Waals surface area contributed by atoms with Crippen molar-refractivity contribution < 1.29 is 9.50 Å². The molecule has 1 rings (SSSR count). The van der Waals surface area contributed by atoms with Gasteiger partial charge in [0.1, 0.15) is 5.67 Å². The van der Waals surface area contributed by atoms with Gasteiger partial charge in [-0.3, -0.25) is 0 Å². The highest BCUT2D eigenvalue weighted by molar-refractivity contribution is 5.28. The van der Waals surface area contributed by atoms with Crippen LogP contribution >= 0.6 is 0 Å². The predicted molar refractivity (Wildman–Crippen MR) is 56.1 cm³/mol. The number of rotatable bonds is 3. The van der Waals surface area contributed by atoms with Crippen molar-refractivity contribution in [3.63, 3.8) is 0 Å². The molecule has 1 unspecified atom stereocenters. The van der Waals surface area contributed by atoms with Gasteiger partial charge in [-0.15, -0.1) is 0 Å². The van der Waals surface area contributed by atoms with Crippen LogP contribution in [-0.2, 0) is 5.67 Å². The van der Waals surface area contributed by atoms with Gasteiger partial charge in [-0.05, 0) is 25.0 Å². The number of alkyl halides is 1. The molecule has 0 bridgehead atoms. The molecule has 0 aliphatic rings. The molecular weight excluding hydrogens is 179 g/mol. The topological polar surface area (TPSA) is 20.2 Å². The van der Waals surface area contributed by atoms with Crippen LogP contribution in [0.3, 0.4) is 0 Å². The summed E-state index contributed by atoms with van der Waals surface area (Å²) in [6.45, 7) is 5.14. The minimum absolute atomic E-state index is 0.117. The molecule has 2 heteroatoms. The lowest BCUT2D eigenvalue weighted by molar-refractivity contribution is 0.221. The Labute approximate surface area is 84.6 Å². The first-order chi connectivity index (χ1) is 6.45. The number of hydrogen-bond donors (Lipinski definition) is 1. The largest absolute Gasteiger partial charge is 0.396 e. The van der Waals surface area contributed by atoms with Crippen molar-refractivity contribution in [1.82, 2.24) is 0 Å². The third-order valence-corrected chi connectivity index (χ3v) is 2.44. The van der Waals surface area contributed by atoms with Gasteiger partial charge in [0.2, 0.25) is 0 Å². The van der Waals surface area contributed by atoms with Gasteiger partial charge in [-0.25, -0.2) is 4.39 Å². The van der Waals surface area contributed by atoms with Crippen molar-refractivity contribution in [3.8, 4) is 0 Å². The van der Waals surface area contributed by atoms with Gasteiger partial charge >= 0.3 is 0 Å². The van der Waals surface area contributed by atoms with Crippen molar-refractivity contribution in [3.05, 3.63) is 35.4 Å². The number of aliphatic hydroxyl groups is 1. The third kappa shape index (κ3) is 2.55. The van der Waals surface area contributed by atoms with Crippen LogP contribution in [-0.4, -0.2) is 11.7 Å². The minimum atomic E-state index is -1.29. The molecule has 0 amide bonds. The predicted octanol–water partition coefficient (Wildman–Crippen LogP) is 2.99. The van der Waals surface area contributed by atoms with Crippen molar-refractivity contribution in [1.29, 1.82) is 0 Å². The van der Waals surface area contributed by atoms with Gasteiger partial charge in [-0.2, -0.15) is 0 Å². The van der Waals surface area contributed by atoms with E-state index in [1.54, 1.807) is 12.1 Å². The van der Waals surface area contributed by atoms with E-state index in [0.29, 0.717) is 5.56 Å². The molecule has 0 heterocycles. The summed E-state index contributed by atoms with van der Waals surface area (Å²) < 4.78 is 13.5. The van der Waals surface area contributed by atoms with Gasteiger partial charge in [0.05, 0.1) is 0 Å². The molecule has 78 valence electrons. The van der Waals surface area contributed by atoms with Gasteiger partial charge in [0.25, 0.3) is 0 Å². The smallest absolute Gasteiger partial charge is 0.130 e. The highest BCUT2D eigenvalue weighted by Gasteiger charge is 2.18. The van der Waals surface area contributed by atoms with Gasteiger partial charge < -0.3 is 5.11 Å². The molecule has 1 aromatic rings. The summed E-state index contributed by atoms with van der Waals surface area (Å²) in [5, 5.41) is 8.94. The van der Waals surface area contributed by atoms with Crippen LogP contribution in [0.1, 0.15) is 37.8 Å². The van der Waals surface area contributed by atoms with Gasteiger partial charge in [0.15, 0.2) is 0 Å². The maximum Gasteiger partial charge on any atom is 0.130 e. The maximum atomic E-state index is 13.5. The van der Waals surface area contributed by atoms with Crippen molar-refractivity contribution >= 4 is 0 Å². The Morgan fingerprint density at radius 2 is 1.79 bits per heavy atom. The summed E-state index contributed by atoms with van der Waals surface area (Å²) in [7, 11) is 0. The molecule has 0 spiro atoms. The Morgan fingerprint density at radius 1 is 1.29 bits per heavy atom. The van der Waals surface area contributed by atoms with Crippen LogP contribution in [0.4, 0.5) is 4.39 Å². The van der Waals surface area contributed by atoms with Gasteiger partial charge in [0, 0.05) is 12.5 Å². The fourth-order valence-electron chi connectivity index (χ4n) is 1.31. The molecule has 1 atom stereocenters. The molecule has 0 saturated heterocycles. The van der Waals surface area contributed by atoms with Crippen LogP contribution < -0.4 is 0 Å². The average molecular weight is 196 g/mol. The molecule has 0 fully saturated rings. The third-order valence-electron chi connectivity index (χ3n) is 2.44. The summed E-state index contributed by atoms with van der Waals surface area (Å²) >= 11 is 0. The first-order valence-corrected chi connectivity index (χ1v) is 4.85. The molecule has 14 heavy (non-hydrogen) atoms. The van der Waals surface area contributed by atoms with E-state index >= 15 is 0 Å². The molecule has 0 aliphatic carbocycles. The Bertz CT molecular complexity index is 284. The molecule has 1 aromatic carbocycles. The summed E-state index contributed by atoms with van der Waals surface area (Å²) in [6, 6.07) is 7.30. The second-order valence-corrected chi connectivity index (χ2v) is 4.18. The number of benzene rings is 1. The zero-order chi connectivity index (χ0) is 10.8. The number of halogens is 1. The lowest BCUT2D eigenvalue weighted by Gasteiger charge is -2.16. The minimum Gasteiger partial charge on any atom is -0.396 e. The fraction of sp³-hybridized carbons (Fsp3) is 0.500. The second-order valence-electron chi connectivity index (χ2n) is 4.18. The summed E-state index contributed by atoms with van der Waals surface area (Å²) in [4.78, 5) is 0. The average Bonchev–Trinajstić information content (AvgIpc) is 2.15. The Hall–Kier alpha value is -0.890. The van der Waals surface area contributed by atoms with Gasteiger partial charge in [-0.1, -0.05) is 31.2 Å². The lowest BCUT2D eigenvalue weighted by atomic mass is 9.95. The second kappa shape index (κ2) is 4.09. The van der Waals surface area contributed by atoms with Crippen molar-refractivity contribution in [2.24, 2.45) is 0 Å². The van der Waals surface area contributed by atoms with Crippen LogP contribution in [0.15, 0.2) is 24.3 Å². The highest BCUT2D eigenvalue weighted by Crippen LogP contribution is 2.25. The van der Waals surface area contributed by atoms with E-state index in [2.05, 4.69) is 0 Å². The normalized spacial score (nSPS) is 14.1. The summed E-state index contributed by atoms with van der Waals surface area (Å²) in [5.74, 6) is 0.117. The Balaban J connectivity index is 2.89. The van der Waals surface area contributed by atoms with Crippen LogP contribution in [0.5, 0.6) is 0 Å². The first-order valence-electron chi connectivity index (χ1n) is 4.85. The molecule has 0 aliphatic heterocycles. The monoisotopic (exact) mass is 196 g/mol. The molecule has 0 aromatic heterocycles. The number of hydrogen-bond acceptors (Lipinski definition) is 1. The van der Waals surface area contributed by atoms with E-state index in [0.717, 1.165) is 5.56 Å². The standard InChI is InChI=1S/C12H17FO/c1-9(8-14)10-4-6-11(7-5-10)12(2,3)13/h4-7,9,14H,8H2,1-3H3. The Kier molecular flexibility index (Phi) is 3.27. The zero-order valence-corrected chi connectivity index (χ0v) is 8.92. The lowest BCUT2D eigenvalue weighted by Crippen LogP contribution is -2.09. The summed E-state index contributed by atoms with van der Waals surface area (Å²) in [6.07, 6.45) is 0. The first kappa shape index (κ1) is 11.2. The van der Waals surface area contributed by atoms with E-state index in [1.807, 2.05) is 19.1 Å². The molecule has 1 nitrogen and oxygen atoms in total. The van der Waals surface area contributed by atoms with Crippen molar-refractivity contribution in [2.75, 3.05) is 6.61 Å². The van der Waals surface area contributed by atoms with Crippen LogP contribution in [0, 0.1) is 0 Å². The fourth-order valence-corrected chi connectivity index (χ4v) is 1.31. The Morgan fingerprint density at radius 3 is 2.14 bits per heavy atom. The van der Waals surface area contributed by atoms with Crippen molar-refractivity contribution in [2.45, 2.75) is 32.4 Å². The molecule has 0 saturated carbocycles. The van der Waals surface area contributed by atoms with E-state index in [1.165, 1.54) is 13.8 Å². The quantitative estimate of drug-likeness (QED) is 0.788. The van der Waals surface area contributed by atoms with Crippen LogP contribution in [0.2, 0.25) is 0 Å². The van der Waals surface area contributed by atoms with E-state index in [4.69, 9.17) is 5.11 Å². The highest BCUT2D eigenvalue weighted by atomic mass is 19.1. The zero-order valence-electron chi connectivity index (χ0n) is 8.92. The SMILES string of the molecule is CC(CO)c1ccc(C(C)(C)F)cc1. The number of aliphatic hydroxyl groups excluding tert-OH is 1. The summed E-state index contributed by atoms with van der Waals surface area (Å²) in [5.41, 5.74) is 0.424. The maximum absolute atomic E-state index is 13.5. The van der Waals surface area contributed by atoms with Crippen LogP contribution in [0.25, 0.3) is 0 Å². The van der Waals surface area contributed by atoms with E-state index in [9.17, 15) is 4.39 Å². The van der Waals surface area contributed by atoms with E-state index in [-0.39, 0.29) is 12.5 Å². The molecular formula is C12H17FO. The molecule has 1 N–H and O–H groups in total. The molecule has 0 radical (unpaired) electrons.